The van der Waals surface area contributed by atoms with Gasteiger partial charge in [-0.05, 0) is 24.5 Å². The van der Waals surface area contributed by atoms with Gasteiger partial charge in [0.1, 0.15) is 0 Å². The molecule has 7 nitrogen and oxygen atoms in total. The van der Waals surface area contributed by atoms with Crippen LogP contribution in [0.25, 0.3) is 0 Å². The van der Waals surface area contributed by atoms with Gasteiger partial charge in [-0.25, -0.2) is 4.79 Å². The number of urea groups is 1. The van der Waals surface area contributed by atoms with Crippen LogP contribution in [0.15, 0.2) is 28.8 Å². The van der Waals surface area contributed by atoms with Crippen molar-refractivity contribution in [1.82, 2.24) is 20.8 Å². The molecule has 0 aliphatic rings. The summed E-state index contributed by atoms with van der Waals surface area (Å²) in [6, 6.07) is 7.43. The Kier molecular flexibility index (Phi) is 5.91. The van der Waals surface area contributed by atoms with Gasteiger partial charge < -0.3 is 20.3 Å². The molecule has 2 amide bonds. The molecule has 0 bridgehead atoms. The lowest BCUT2D eigenvalue weighted by Gasteiger charge is -2.07. The largest absolute Gasteiger partial charge is 0.392 e. The Hall–Kier alpha value is -2.41. The van der Waals surface area contributed by atoms with Crippen LogP contribution in [0.3, 0.4) is 0 Å². The number of hydrogen-bond acceptors (Lipinski definition) is 5. The monoisotopic (exact) mass is 304 g/mol. The van der Waals surface area contributed by atoms with Crippen molar-refractivity contribution >= 4 is 6.03 Å². The van der Waals surface area contributed by atoms with E-state index in [1.807, 2.05) is 24.3 Å². The van der Waals surface area contributed by atoms with Crippen LogP contribution in [0.5, 0.6) is 0 Å². The van der Waals surface area contributed by atoms with Gasteiger partial charge in [0.25, 0.3) is 0 Å². The number of carbonyl (C=O) groups is 1. The predicted octanol–water partition coefficient (Wildman–Crippen LogP) is 0.955. The van der Waals surface area contributed by atoms with E-state index in [9.17, 15) is 4.79 Å². The Morgan fingerprint density at radius 1 is 1.14 bits per heavy atom. The van der Waals surface area contributed by atoms with Crippen molar-refractivity contribution in [2.75, 3.05) is 13.1 Å². The van der Waals surface area contributed by atoms with Gasteiger partial charge >= 0.3 is 6.03 Å². The standard InChI is InChI=1S/C15H20N4O3/c1-11-18-14(22-19-11)7-9-17-15(21)16-8-6-12-2-4-13(10-20)5-3-12/h2-5,20H,6-10H2,1H3,(H2,16,17,21). The summed E-state index contributed by atoms with van der Waals surface area (Å²) < 4.78 is 4.95. The zero-order valence-corrected chi connectivity index (χ0v) is 12.5. The lowest BCUT2D eigenvalue weighted by atomic mass is 10.1. The number of nitrogens with one attached hydrogen (secondary N) is 2. The highest BCUT2D eigenvalue weighted by Gasteiger charge is 2.04. The number of hydrogen-bond donors (Lipinski definition) is 3. The number of aliphatic hydroxyl groups excluding tert-OH is 1. The Labute approximate surface area is 128 Å². The van der Waals surface area contributed by atoms with E-state index in [0.717, 1.165) is 17.5 Å². The second kappa shape index (κ2) is 8.14. The van der Waals surface area contributed by atoms with E-state index >= 15 is 0 Å². The lowest BCUT2D eigenvalue weighted by molar-refractivity contribution is 0.240. The Bertz CT molecular complexity index is 595. The van der Waals surface area contributed by atoms with Gasteiger partial charge in [-0.1, -0.05) is 29.4 Å². The third-order valence-electron chi connectivity index (χ3n) is 3.10. The molecule has 2 aromatic rings. The molecule has 0 saturated heterocycles. The van der Waals surface area contributed by atoms with Crippen molar-refractivity contribution in [1.29, 1.82) is 0 Å². The maximum absolute atomic E-state index is 11.6. The van der Waals surface area contributed by atoms with Crippen molar-refractivity contribution in [3.05, 3.63) is 47.1 Å². The molecule has 0 unspecified atom stereocenters. The summed E-state index contributed by atoms with van der Waals surface area (Å²) in [6.45, 7) is 2.78. The molecule has 7 heteroatoms. The Balaban J connectivity index is 1.60. The lowest BCUT2D eigenvalue weighted by Crippen LogP contribution is -2.37. The van der Waals surface area contributed by atoms with Crippen molar-refractivity contribution in [3.63, 3.8) is 0 Å². The smallest absolute Gasteiger partial charge is 0.314 e. The minimum atomic E-state index is -0.219. The van der Waals surface area contributed by atoms with E-state index in [0.29, 0.717) is 31.2 Å². The molecule has 1 aromatic heterocycles. The second-order valence-electron chi connectivity index (χ2n) is 4.89. The first kappa shape index (κ1) is 16.0. The zero-order chi connectivity index (χ0) is 15.8. The van der Waals surface area contributed by atoms with Crippen LogP contribution in [0, 0.1) is 6.92 Å². The molecule has 1 heterocycles. The van der Waals surface area contributed by atoms with E-state index < -0.39 is 0 Å². The summed E-state index contributed by atoms with van der Waals surface area (Å²) >= 11 is 0. The Morgan fingerprint density at radius 3 is 2.36 bits per heavy atom. The maximum atomic E-state index is 11.6. The van der Waals surface area contributed by atoms with Gasteiger partial charge in [-0.15, -0.1) is 0 Å². The van der Waals surface area contributed by atoms with Gasteiger partial charge in [-0.2, -0.15) is 4.98 Å². The van der Waals surface area contributed by atoms with E-state index in [2.05, 4.69) is 20.8 Å². The summed E-state index contributed by atoms with van der Waals surface area (Å²) in [7, 11) is 0. The molecule has 0 fully saturated rings. The number of rotatable bonds is 7. The number of aliphatic hydroxyl groups is 1. The molecule has 1 aromatic carbocycles. The van der Waals surface area contributed by atoms with E-state index in [1.54, 1.807) is 6.92 Å². The molecule has 22 heavy (non-hydrogen) atoms. The Morgan fingerprint density at radius 2 is 1.77 bits per heavy atom. The number of nitrogens with zero attached hydrogens (tertiary/aromatic N) is 2. The summed E-state index contributed by atoms with van der Waals surface area (Å²) in [6.07, 6.45) is 1.25. The first-order valence-electron chi connectivity index (χ1n) is 7.17. The molecule has 0 atom stereocenters. The fraction of sp³-hybridized carbons (Fsp3) is 0.400. The molecular formula is C15H20N4O3. The number of amides is 2. The van der Waals surface area contributed by atoms with Crippen LogP contribution in [0.4, 0.5) is 4.79 Å². The van der Waals surface area contributed by atoms with Crippen molar-refractivity contribution in [3.8, 4) is 0 Å². The highest BCUT2D eigenvalue weighted by atomic mass is 16.5. The third kappa shape index (κ3) is 5.17. The summed E-state index contributed by atoms with van der Waals surface area (Å²) in [5, 5.41) is 18.2. The first-order chi connectivity index (χ1) is 10.7. The van der Waals surface area contributed by atoms with Crippen molar-refractivity contribution < 1.29 is 14.4 Å². The average molecular weight is 304 g/mol. The SMILES string of the molecule is Cc1noc(CCNC(=O)NCCc2ccc(CO)cc2)n1. The van der Waals surface area contributed by atoms with Gasteiger partial charge in [-0.3, -0.25) is 0 Å². The normalized spacial score (nSPS) is 10.5. The van der Waals surface area contributed by atoms with Crippen LogP contribution in [-0.2, 0) is 19.4 Å². The fourth-order valence-corrected chi connectivity index (χ4v) is 1.92. The molecule has 0 aliphatic carbocycles. The van der Waals surface area contributed by atoms with Crippen LogP contribution >= 0.6 is 0 Å². The third-order valence-corrected chi connectivity index (χ3v) is 3.10. The highest BCUT2D eigenvalue weighted by Crippen LogP contribution is 2.04. The summed E-state index contributed by atoms with van der Waals surface area (Å²) in [4.78, 5) is 15.7. The number of carbonyl (C=O) groups excluding carboxylic acids is 1. The summed E-state index contributed by atoms with van der Waals surface area (Å²) in [5.41, 5.74) is 1.99. The highest BCUT2D eigenvalue weighted by molar-refractivity contribution is 5.73. The molecule has 0 spiro atoms. The molecule has 0 saturated carbocycles. The summed E-state index contributed by atoms with van der Waals surface area (Å²) in [5.74, 6) is 1.11. The quantitative estimate of drug-likeness (QED) is 0.707. The van der Waals surface area contributed by atoms with E-state index in [4.69, 9.17) is 9.63 Å². The van der Waals surface area contributed by atoms with Crippen LogP contribution in [0.2, 0.25) is 0 Å². The van der Waals surface area contributed by atoms with Gasteiger partial charge in [0.05, 0.1) is 6.61 Å². The maximum Gasteiger partial charge on any atom is 0.314 e. The molecule has 2 rings (SSSR count). The minimum Gasteiger partial charge on any atom is -0.392 e. The van der Waals surface area contributed by atoms with Crippen LogP contribution < -0.4 is 10.6 Å². The van der Waals surface area contributed by atoms with Gasteiger partial charge in [0, 0.05) is 19.5 Å². The van der Waals surface area contributed by atoms with Crippen molar-refractivity contribution in [2.24, 2.45) is 0 Å². The average Bonchev–Trinajstić information content (AvgIpc) is 2.93. The number of aryl methyl sites for hydroxylation is 1. The zero-order valence-electron chi connectivity index (χ0n) is 12.5. The molecule has 118 valence electrons. The predicted molar refractivity (Wildman–Crippen MR) is 80.2 cm³/mol. The van der Waals surface area contributed by atoms with Gasteiger partial charge in [0.15, 0.2) is 5.82 Å². The van der Waals surface area contributed by atoms with Crippen LogP contribution in [0.1, 0.15) is 22.8 Å². The van der Waals surface area contributed by atoms with E-state index in [-0.39, 0.29) is 12.6 Å². The number of aromatic nitrogens is 2. The molecule has 0 aliphatic heterocycles. The number of benzene rings is 1. The molecule has 0 radical (unpaired) electrons. The van der Waals surface area contributed by atoms with Crippen LogP contribution in [-0.4, -0.2) is 34.4 Å². The molecule has 3 N–H and O–H groups in total. The second-order valence-corrected chi connectivity index (χ2v) is 4.89. The fourth-order valence-electron chi connectivity index (χ4n) is 1.92. The van der Waals surface area contributed by atoms with Gasteiger partial charge in [0.2, 0.25) is 5.89 Å². The van der Waals surface area contributed by atoms with Crippen molar-refractivity contribution in [2.45, 2.75) is 26.4 Å². The van der Waals surface area contributed by atoms with E-state index in [1.165, 1.54) is 0 Å². The molecular weight excluding hydrogens is 284 g/mol. The first-order valence-corrected chi connectivity index (χ1v) is 7.17. The minimum absolute atomic E-state index is 0.0422. The topological polar surface area (TPSA) is 100 Å².